The van der Waals surface area contributed by atoms with E-state index in [-0.39, 0.29) is 5.91 Å². The molecule has 1 amide bonds. The fraction of sp³-hybridized carbons (Fsp3) is 0.929. The molecule has 2 fully saturated rings. The van der Waals surface area contributed by atoms with E-state index in [2.05, 4.69) is 0 Å². The highest BCUT2D eigenvalue weighted by atomic mass is 16.5. The molecular formula is C14H26N2O2. The predicted molar refractivity (Wildman–Crippen MR) is 71.0 cm³/mol. The number of fused-ring (bicyclic) bond motifs is 2. The summed E-state index contributed by atoms with van der Waals surface area (Å²) in [4.78, 5) is 13.9. The Morgan fingerprint density at radius 1 is 1.44 bits per heavy atom. The number of hydrogen-bond donors (Lipinski definition) is 1. The van der Waals surface area contributed by atoms with Crippen molar-refractivity contribution < 1.29 is 9.53 Å². The standard InChI is InChI=1S/C14H26N2O2/c1-16(14(17)13(15)5-6-18-2)9-12-8-10-3-4-11(12)7-10/h10-13H,3-9,15H2,1-2H3. The van der Waals surface area contributed by atoms with Crippen molar-refractivity contribution >= 4 is 5.91 Å². The molecule has 0 aliphatic heterocycles. The van der Waals surface area contributed by atoms with Gasteiger partial charge in [0, 0.05) is 27.3 Å². The average Bonchev–Trinajstić information content (AvgIpc) is 2.97. The van der Waals surface area contributed by atoms with Crippen molar-refractivity contribution in [2.45, 2.75) is 38.1 Å². The molecule has 0 aromatic heterocycles. The molecule has 2 N–H and O–H groups in total. The molecule has 0 radical (unpaired) electrons. The van der Waals surface area contributed by atoms with Crippen LogP contribution in [-0.2, 0) is 9.53 Å². The Balaban J connectivity index is 1.77. The number of nitrogens with two attached hydrogens (primary N) is 1. The monoisotopic (exact) mass is 254 g/mol. The molecule has 2 aliphatic rings. The van der Waals surface area contributed by atoms with Gasteiger partial charge in [0.25, 0.3) is 0 Å². The van der Waals surface area contributed by atoms with E-state index in [1.54, 1.807) is 7.11 Å². The highest BCUT2D eigenvalue weighted by Crippen LogP contribution is 2.48. The Morgan fingerprint density at radius 2 is 2.22 bits per heavy atom. The second kappa shape index (κ2) is 6.02. The summed E-state index contributed by atoms with van der Waals surface area (Å²) >= 11 is 0. The van der Waals surface area contributed by atoms with Crippen LogP contribution in [0.15, 0.2) is 0 Å². The van der Waals surface area contributed by atoms with E-state index < -0.39 is 6.04 Å². The van der Waals surface area contributed by atoms with Gasteiger partial charge in [0.1, 0.15) is 0 Å². The Labute approximate surface area is 110 Å². The van der Waals surface area contributed by atoms with Crippen molar-refractivity contribution in [1.29, 1.82) is 0 Å². The fourth-order valence-electron chi connectivity index (χ4n) is 3.69. The van der Waals surface area contributed by atoms with E-state index in [4.69, 9.17) is 10.5 Å². The van der Waals surface area contributed by atoms with Crippen LogP contribution in [0.25, 0.3) is 0 Å². The number of ether oxygens (including phenoxy) is 1. The number of hydrogen-bond acceptors (Lipinski definition) is 3. The van der Waals surface area contributed by atoms with Crippen LogP contribution in [0.3, 0.4) is 0 Å². The quantitative estimate of drug-likeness (QED) is 0.776. The van der Waals surface area contributed by atoms with Gasteiger partial charge in [-0.2, -0.15) is 0 Å². The molecule has 0 aromatic carbocycles. The minimum atomic E-state index is -0.409. The molecule has 2 rings (SSSR count). The lowest BCUT2D eigenvalue weighted by Gasteiger charge is -2.28. The van der Waals surface area contributed by atoms with Gasteiger partial charge < -0.3 is 15.4 Å². The molecule has 18 heavy (non-hydrogen) atoms. The van der Waals surface area contributed by atoms with Crippen LogP contribution in [0.1, 0.15) is 32.1 Å². The van der Waals surface area contributed by atoms with Crippen LogP contribution < -0.4 is 5.73 Å². The largest absolute Gasteiger partial charge is 0.385 e. The Morgan fingerprint density at radius 3 is 2.78 bits per heavy atom. The normalized spacial score (nSPS) is 31.6. The maximum atomic E-state index is 12.1. The number of likely N-dealkylation sites (N-methyl/N-ethyl adjacent to an activating group) is 1. The first-order chi connectivity index (χ1) is 8.61. The molecule has 2 aliphatic carbocycles. The van der Waals surface area contributed by atoms with Gasteiger partial charge in [0.05, 0.1) is 6.04 Å². The topological polar surface area (TPSA) is 55.6 Å². The third-order valence-corrected chi connectivity index (χ3v) is 4.72. The van der Waals surface area contributed by atoms with Crippen molar-refractivity contribution in [2.24, 2.45) is 23.5 Å². The zero-order chi connectivity index (χ0) is 13.1. The van der Waals surface area contributed by atoms with E-state index >= 15 is 0 Å². The third-order valence-electron chi connectivity index (χ3n) is 4.72. The first-order valence-electron chi connectivity index (χ1n) is 7.11. The second-order valence-corrected chi connectivity index (χ2v) is 6.04. The van der Waals surface area contributed by atoms with Crippen LogP contribution in [0.5, 0.6) is 0 Å². The number of rotatable bonds is 6. The van der Waals surface area contributed by atoms with Gasteiger partial charge in [-0.05, 0) is 43.4 Å². The van der Waals surface area contributed by atoms with Gasteiger partial charge >= 0.3 is 0 Å². The Hall–Kier alpha value is -0.610. The van der Waals surface area contributed by atoms with Gasteiger partial charge in [-0.3, -0.25) is 4.79 Å². The second-order valence-electron chi connectivity index (χ2n) is 6.04. The summed E-state index contributed by atoms with van der Waals surface area (Å²) in [7, 11) is 3.52. The van der Waals surface area contributed by atoms with Gasteiger partial charge in [-0.15, -0.1) is 0 Å². The van der Waals surface area contributed by atoms with Crippen LogP contribution in [0.2, 0.25) is 0 Å². The SMILES string of the molecule is COCCC(N)C(=O)N(C)CC1CC2CCC1C2. The molecule has 4 heteroatoms. The minimum absolute atomic E-state index is 0.0647. The van der Waals surface area contributed by atoms with Crippen LogP contribution in [-0.4, -0.2) is 44.2 Å². The van der Waals surface area contributed by atoms with Gasteiger partial charge in [0.15, 0.2) is 0 Å². The smallest absolute Gasteiger partial charge is 0.239 e. The van der Waals surface area contributed by atoms with Crippen molar-refractivity contribution in [2.75, 3.05) is 27.3 Å². The minimum Gasteiger partial charge on any atom is -0.385 e. The number of nitrogens with zero attached hydrogens (tertiary/aromatic N) is 1. The van der Waals surface area contributed by atoms with Crippen molar-refractivity contribution in [3.8, 4) is 0 Å². The molecule has 0 spiro atoms. The maximum absolute atomic E-state index is 12.1. The molecule has 2 bridgehead atoms. The molecule has 4 unspecified atom stereocenters. The van der Waals surface area contributed by atoms with Crippen molar-refractivity contribution in [3.63, 3.8) is 0 Å². The lowest BCUT2D eigenvalue weighted by molar-refractivity contribution is -0.132. The highest BCUT2D eigenvalue weighted by molar-refractivity contribution is 5.81. The Kier molecular flexibility index (Phi) is 4.62. The van der Waals surface area contributed by atoms with Crippen molar-refractivity contribution in [3.05, 3.63) is 0 Å². The first-order valence-corrected chi connectivity index (χ1v) is 7.11. The van der Waals surface area contributed by atoms with E-state index in [1.807, 2.05) is 11.9 Å². The lowest BCUT2D eigenvalue weighted by atomic mass is 9.88. The maximum Gasteiger partial charge on any atom is 0.239 e. The summed E-state index contributed by atoms with van der Waals surface area (Å²) in [5.74, 6) is 2.58. The Bertz CT molecular complexity index is 296. The van der Waals surface area contributed by atoms with Crippen LogP contribution >= 0.6 is 0 Å². The summed E-state index contributed by atoms with van der Waals surface area (Å²) in [6.07, 6.45) is 6.09. The highest BCUT2D eigenvalue weighted by Gasteiger charge is 2.40. The van der Waals surface area contributed by atoms with Crippen LogP contribution in [0, 0.1) is 17.8 Å². The summed E-state index contributed by atoms with van der Waals surface area (Å²) in [5, 5.41) is 0. The summed E-state index contributed by atoms with van der Waals surface area (Å²) in [5.41, 5.74) is 5.88. The average molecular weight is 254 g/mol. The van der Waals surface area contributed by atoms with Gasteiger partial charge in [0.2, 0.25) is 5.91 Å². The zero-order valence-electron chi connectivity index (χ0n) is 11.6. The molecule has 0 heterocycles. The first kappa shape index (κ1) is 13.8. The number of carbonyl (C=O) groups excluding carboxylic acids is 1. The van der Waals surface area contributed by atoms with E-state index in [0.717, 1.165) is 18.4 Å². The fourth-order valence-corrected chi connectivity index (χ4v) is 3.69. The molecule has 4 nitrogen and oxygen atoms in total. The lowest BCUT2D eigenvalue weighted by Crippen LogP contribution is -2.44. The third kappa shape index (κ3) is 3.04. The van der Waals surface area contributed by atoms with E-state index in [9.17, 15) is 4.79 Å². The van der Waals surface area contributed by atoms with E-state index in [1.165, 1.54) is 25.7 Å². The predicted octanol–water partition coefficient (Wildman–Crippen LogP) is 1.24. The summed E-state index contributed by atoms with van der Waals surface area (Å²) in [6, 6.07) is -0.409. The van der Waals surface area contributed by atoms with Crippen molar-refractivity contribution in [1.82, 2.24) is 4.90 Å². The molecular weight excluding hydrogens is 228 g/mol. The zero-order valence-corrected chi connectivity index (χ0v) is 11.6. The molecule has 0 aromatic rings. The van der Waals surface area contributed by atoms with E-state index in [0.29, 0.717) is 18.9 Å². The number of carbonyl (C=O) groups is 1. The number of methoxy groups -OCH3 is 1. The summed E-state index contributed by atoms with van der Waals surface area (Å²) < 4.78 is 4.97. The molecule has 0 saturated heterocycles. The molecule has 2 saturated carbocycles. The van der Waals surface area contributed by atoms with Gasteiger partial charge in [-0.1, -0.05) is 6.42 Å². The number of amides is 1. The van der Waals surface area contributed by atoms with Gasteiger partial charge in [-0.25, -0.2) is 0 Å². The molecule has 4 atom stereocenters. The van der Waals surface area contributed by atoms with Crippen LogP contribution in [0.4, 0.5) is 0 Å². The molecule has 104 valence electrons. The summed E-state index contributed by atoms with van der Waals surface area (Å²) in [6.45, 7) is 1.44.